The Morgan fingerprint density at radius 3 is 2.71 bits per heavy atom. The maximum Gasteiger partial charge on any atom is 0.119 e. The zero-order valence-corrected chi connectivity index (χ0v) is 14.1. The molecule has 0 fully saturated rings. The molecule has 1 heterocycles. The fraction of sp³-hybridized carbons (Fsp3) is 0.500. The molecule has 1 aromatic carbocycles. The second-order valence-electron chi connectivity index (χ2n) is 5.96. The Balaban J connectivity index is 2.41. The van der Waals surface area contributed by atoms with Crippen molar-refractivity contribution in [3.05, 3.63) is 40.4 Å². The van der Waals surface area contributed by atoms with Crippen LogP contribution in [0.25, 0.3) is 0 Å². The minimum Gasteiger partial charge on any atom is -0.494 e. The number of nitrogens with zero attached hydrogens (tertiary/aromatic N) is 2. The highest BCUT2D eigenvalue weighted by molar-refractivity contribution is 7.05. The summed E-state index contributed by atoms with van der Waals surface area (Å²) in [5.74, 6) is 0.894. The Hall–Kier alpha value is -1.46. The van der Waals surface area contributed by atoms with Crippen LogP contribution in [-0.2, 0) is 5.41 Å². The fourth-order valence-corrected chi connectivity index (χ4v) is 3.31. The molecule has 0 aliphatic rings. The van der Waals surface area contributed by atoms with E-state index in [4.69, 9.17) is 4.74 Å². The summed E-state index contributed by atoms with van der Waals surface area (Å²) in [4.78, 5) is 1.17. The van der Waals surface area contributed by atoms with Gasteiger partial charge in [0.05, 0.1) is 23.2 Å². The van der Waals surface area contributed by atoms with Crippen LogP contribution in [0.3, 0.4) is 0 Å². The molecule has 4 nitrogen and oxygen atoms in total. The zero-order chi connectivity index (χ0) is 15.5. The molecule has 0 saturated heterocycles. The van der Waals surface area contributed by atoms with E-state index in [1.54, 1.807) is 0 Å². The van der Waals surface area contributed by atoms with Gasteiger partial charge in [0.15, 0.2) is 0 Å². The molecule has 0 aliphatic carbocycles. The SMILES string of the molecule is CCOc1cccc(C(NC)c2snnc2C(C)(C)C)c1. The molecule has 114 valence electrons. The molecule has 2 aromatic rings. The van der Waals surface area contributed by atoms with Crippen LogP contribution in [-0.4, -0.2) is 23.2 Å². The average Bonchev–Trinajstić information content (AvgIpc) is 2.90. The molecule has 2 rings (SSSR count). The number of hydrogen-bond donors (Lipinski definition) is 1. The molecule has 0 saturated carbocycles. The zero-order valence-electron chi connectivity index (χ0n) is 13.3. The number of nitrogens with one attached hydrogen (secondary N) is 1. The first-order valence-corrected chi connectivity index (χ1v) is 7.97. The van der Waals surface area contributed by atoms with Crippen molar-refractivity contribution in [1.29, 1.82) is 0 Å². The average molecular weight is 305 g/mol. The Kier molecular flexibility index (Phi) is 4.96. The van der Waals surface area contributed by atoms with Crippen LogP contribution in [0.1, 0.15) is 49.9 Å². The Labute approximate surface area is 130 Å². The van der Waals surface area contributed by atoms with Crippen molar-refractivity contribution in [3.63, 3.8) is 0 Å². The molecule has 1 aromatic heterocycles. The molecule has 0 bridgehead atoms. The lowest BCUT2D eigenvalue weighted by molar-refractivity contribution is 0.339. The van der Waals surface area contributed by atoms with Gasteiger partial charge in [0.2, 0.25) is 0 Å². The number of ether oxygens (including phenoxy) is 1. The standard InChI is InChI=1S/C16H23N3OS/c1-6-20-12-9-7-8-11(10-12)13(17-5)14-15(16(2,3)4)18-19-21-14/h7-10,13,17H,6H2,1-5H3. The van der Waals surface area contributed by atoms with Crippen LogP contribution in [0.4, 0.5) is 0 Å². The van der Waals surface area contributed by atoms with Crippen LogP contribution < -0.4 is 10.1 Å². The number of hydrogen-bond acceptors (Lipinski definition) is 5. The van der Waals surface area contributed by atoms with Crippen LogP contribution in [0.5, 0.6) is 5.75 Å². The highest BCUT2D eigenvalue weighted by Gasteiger charge is 2.27. The van der Waals surface area contributed by atoms with Crippen molar-refractivity contribution in [2.24, 2.45) is 0 Å². The molecule has 5 heteroatoms. The first-order chi connectivity index (χ1) is 9.97. The summed E-state index contributed by atoms with van der Waals surface area (Å²) in [5.41, 5.74) is 2.20. The van der Waals surface area contributed by atoms with Crippen molar-refractivity contribution in [2.45, 2.75) is 39.2 Å². The van der Waals surface area contributed by atoms with Gasteiger partial charge in [-0.05, 0) is 43.2 Å². The van der Waals surface area contributed by atoms with Gasteiger partial charge in [-0.1, -0.05) is 37.4 Å². The van der Waals surface area contributed by atoms with E-state index < -0.39 is 0 Å². The predicted molar refractivity (Wildman–Crippen MR) is 87.1 cm³/mol. The second-order valence-corrected chi connectivity index (χ2v) is 6.75. The summed E-state index contributed by atoms with van der Waals surface area (Å²) in [6, 6.07) is 8.28. The fourth-order valence-electron chi connectivity index (χ4n) is 2.31. The molecule has 1 N–H and O–H groups in total. The van der Waals surface area contributed by atoms with Gasteiger partial charge in [-0.2, -0.15) is 0 Å². The van der Waals surface area contributed by atoms with E-state index in [1.165, 1.54) is 22.0 Å². The van der Waals surface area contributed by atoms with Gasteiger partial charge in [0, 0.05) is 5.41 Å². The summed E-state index contributed by atoms with van der Waals surface area (Å²) >= 11 is 1.46. The van der Waals surface area contributed by atoms with Crippen molar-refractivity contribution in [2.75, 3.05) is 13.7 Å². The van der Waals surface area contributed by atoms with Crippen molar-refractivity contribution in [1.82, 2.24) is 14.9 Å². The van der Waals surface area contributed by atoms with Gasteiger partial charge in [-0.25, -0.2) is 0 Å². The van der Waals surface area contributed by atoms with Gasteiger partial charge >= 0.3 is 0 Å². The summed E-state index contributed by atoms with van der Waals surface area (Å²) in [7, 11) is 1.96. The quantitative estimate of drug-likeness (QED) is 0.918. The third-order valence-electron chi connectivity index (χ3n) is 3.28. The lowest BCUT2D eigenvalue weighted by atomic mass is 9.89. The Morgan fingerprint density at radius 2 is 2.10 bits per heavy atom. The lowest BCUT2D eigenvalue weighted by Gasteiger charge is -2.22. The predicted octanol–water partition coefficient (Wildman–Crippen LogP) is 3.54. The molecule has 0 amide bonds. The Morgan fingerprint density at radius 1 is 1.33 bits per heavy atom. The van der Waals surface area contributed by atoms with Crippen LogP contribution in [0.2, 0.25) is 0 Å². The molecular formula is C16H23N3OS. The second kappa shape index (κ2) is 6.54. The first kappa shape index (κ1) is 15.9. The third-order valence-corrected chi connectivity index (χ3v) is 4.07. The molecule has 1 unspecified atom stereocenters. The smallest absolute Gasteiger partial charge is 0.119 e. The van der Waals surface area contributed by atoms with Gasteiger partial charge in [-0.15, -0.1) is 5.10 Å². The molecule has 1 atom stereocenters. The number of aromatic nitrogens is 2. The summed E-state index contributed by atoms with van der Waals surface area (Å²) < 4.78 is 9.76. The number of rotatable bonds is 5. The van der Waals surface area contributed by atoms with Crippen LogP contribution in [0, 0.1) is 0 Å². The van der Waals surface area contributed by atoms with E-state index in [9.17, 15) is 0 Å². The normalized spacial score (nSPS) is 13.2. The van der Waals surface area contributed by atoms with Crippen LogP contribution in [0.15, 0.2) is 24.3 Å². The highest BCUT2D eigenvalue weighted by Crippen LogP contribution is 2.34. The van der Waals surface area contributed by atoms with Gasteiger partial charge in [0.1, 0.15) is 5.75 Å². The lowest BCUT2D eigenvalue weighted by Crippen LogP contribution is -2.22. The maximum atomic E-state index is 5.60. The van der Waals surface area contributed by atoms with Gasteiger partial charge in [-0.3, -0.25) is 0 Å². The van der Waals surface area contributed by atoms with E-state index in [2.05, 4.69) is 47.8 Å². The molecule has 0 radical (unpaired) electrons. The molecule has 21 heavy (non-hydrogen) atoms. The summed E-state index contributed by atoms with van der Waals surface area (Å²) in [5, 5.41) is 7.72. The van der Waals surface area contributed by atoms with E-state index >= 15 is 0 Å². The topological polar surface area (TPSA) is 47.0 Å². The van der Waals surface area contributed by atoms with E-state index in [0.717, 1.165) is 11.4 Å². The van der Waals surface area contributed by atoms with E-state index in [1.807, 2.05) is 26.1 Å². The third kappa shape index (κ3) is 3.60. The minimum absolute atomic E-state index is 0.0189. The van der Waals surface area contributed by atoms with Crippen LogP contribution >= 0.6 is 11.5 Å². The van der Waals surface area contributed by atoms with Gasteiger partial charge in [0.25, 0.3) is 0 Å². The largest absolute Gasteiger partial charge is 0.494 e. The minimum atomic E-state index is -0.0189. The Bertz CT molecular complexity index is 589. The molecular weight excluding hydrogens is 282 g/mol. The highest BCUT2D eigenvalue weighted by atomic mass is 32.1. The van der Waals surface area contributed by atoms with Crippen molar-refractivity contribution < 1.29 is 4.74 Å². The van der Waals surface area contributed by atoms with Crippen molar-refractivity contribution in [3.8, 4) is 5.75 Å². The first-order valence-electron chi connectivity index (χ1n) is 7.20. The number of benzene rings is 1. The molecule has 0 aliphatic heterocycles. The van der Waals surface area contributed by atoms with E-state index in [-0.39, 0.29) is 11.5 Å². The van der Waals surface area contributed by atoms with Gasteiger partial charge < -0.3 is 10.1 Å². The monoisotopic (exact) mass is 305 g/mol. The maximum absolute atomic E-state index is 5.60. The van der Waals surface area contributed by atoms with E-state index in [0.29, 0.717) is 6.61 Å². The summed E-state index contributed by atoms with van der Waals surface area (Å²) in [6.45, 7) is 9.15. The molecule has 0 spiro atoms. The van der Waals surface area contributed by atoms with Crippen molar-refractivity contribution >= 4 is 11.5 Å². The summed E-state index contributed by atoms with van der Waals surface area (Å²) in [6.07, 6.45) is 0.